The SMILES string of the molecule is COC(C)c1ccc2[nH]c3cnc(OC(=O)O)cc3c2c1. The van der Waals surface area contributed by atoms with Crippen molar-refractivity contribution >= 4 is 28.0 Å². The summed E-state index contributed by atoms with van der Waals surface area (Å²) in [5, 5.41) is 10.5. The average molecular weight is 286 g/mol. The summed E-state index contributed by atoms with van der Waals surface area (Å²) < 4.78 is 9.93. The predicted molar refractivity (Wildman–Crippen MR) is 77.7 cm³/mol. The van der Waals surface area contributed by atoms with Crippen LogP contribution in [0.4, 0.5) is 4.79 Å². The number of nitrogens with zero attached hydrogens (tertiary/aromatic N) is 1. The summed E-state index contributed by atoms with van der Waals surface area (Å²) in [6.07, 6.45) is 0.166. The summed E-state index contributed by atoms with van der Waals surface area (Å²) in [5.74, 6) is 0.0566. The number of hydrogen-bond acceptors (Lipinski definition) is 4. The molecule has 2 heterocycles. The molecule has 1 unspecified atom stereocenters. The van der Waals surface area contributed by atoms with Crippen molar-refractivity contribution in [1.82, 2.24) is 9.97 Å². The van der Waals surface area contributed by atoms with Crippen LogP contribution < -0.4 is 4.74 Å². The maximum atomic E-state index is 10.6. The smallest absolute Gasteiger partial charge is 0.449 e. The Morgan fingerprint density at radius 1 is 1.29 bits per heavy atom. The molecule has 0 amide bonds. The van der Waals surface area contributed by atoms with E-state index in [0.29, 0.717) is 0 Å². The first kappa shape index (κ1) is 13.4. The van der Waals surface area contributed by atoms with E-state index in [1.165, 1.54) is 0 Å². The normalized spacial score (nSPS) is 12.7. The number of nitrogens with one attached hydrogen (secondary N) is 1. The van der Waals surface area contributed by atoms with E-state index in [9.17, 15) is 4.79 Å². The van der Waals surface area contributed by atoms with E-state index in [2.05, 4.69) is 14.7 Å². The Morgan fingerprint density at radius 3 is 2.76 bits per heavy atom. The molecule has 0 bridgehead atoms. The third-order valence-electron chi connectivity index (χ3n) is 3.50. The average Bonchev–Trinajstić information content (AvgIpc) is 2.83. The number of aromatic nitrogens is 2. The monoisotopic (exact) mass is 286 g/mol. The Labute approximate surface area is 120 Å². The highest BCUT2D eigenvalue weighted by Crippen LogP contribution is 2.30. The summed E-state index contributed by atoms with van der Waals surface area (Å²) in [6.45, 7) is 1.97. The number of benzene rings is 1. The molecule has 0 aliphatic rings. The van der Waals surface area contributed by atoms with Gasteiger partial charge in [-0.25, -0.2) is 9.78 Å². The molecular weight excluding hydrogens is 272 g/mol. The van der Waals surface area contributed by atoms with Crippen LogP contribution in [0.25, 0.3) is 21.8 Å². The molecule has 3 rings (SSSR count). The van der Waals surface area contributed by atoms with Crippen molar-refractivity contribution in [2.45, 2.75) is 13.0 Å². The van der Waals surface area contributed by atoms with Gasteiger partial charge in [0.05, 0.1) is 17.8 Å². The van der Waals surface area contributed by atoms with Crippen LogP contribution in [0.15, 0.2) is 30.5 Å². The van der Waals surface area contributed by atoms with Gasteiger partial charge in [-0.15, -0.1) is 0 Å². The number of hydrogen-bond donors (Lipinski definition) is 2. The number of aromatic amines is 1. The van der Waals surface area contributed by atoms with Crippen LogP contribution in [-0.2, 0) is 4.74 Å². The van der Waals surface area contributed by atoms with Gasteiger partial charge in [0.25, 0.3) is 0 Å². The second-order valence-corrected chi connectivity index (χ2v) is 4.74. The largest absolute Gasteiger partial charge is 0.512 e. The van der Waals surface area contributed by atoms with Gasteiger partial charge >= 0.3 is 6.16 Å². The van der Waals surface area contributed by atoms with Gasteiger partial charge in [-0.1, -0.05) is 6.07 Å². The Bertz CT molecular complexity index is 825. The number of rotatable bonds is 3. The quantitative estimate of drug-likeness (QED) is 0.720. The maximum absolute atomic E-state index is 10.6. The van der Waals surface area contributed by atoms with E-state index < -0.39 is 6.16 Å². The topological polar surface area (TPSA) is 84.4 Å². The minimum Gasteiger partial charge on any atom is -0.449 e. The second kappa shape index (κ2) is 5.06. The highest BCUT2D eigenvalue weighted by molar-refractivity contribution is 6.07. The zero-order valence-electron chi connectivity index (χ0n) is 11.6. The minimum absolute atomic E-state index is 0.0177. The van der Waals surface area contributed by atoms with Crippen LogP contribution in [-0.4, -0.2) is 28.3 Å². The summed E-state index contributed by atoms with van der Waals surface area (Å²) in [4.78, 5) is 17.8. The molecule has 0 saturated carbocycles. The first-order chi connectivity index (χ1) is 10.1. The van der Waals surface area contributed by atoms with Crippen LogP contribution in [0.1, 0.15) is 18.6 Å². The van der Waals surface area contributed by atoms with Crippen molar-refractivity contribution in [2.24, 2.45) is 0 Å². The molecule has 0 aliphatic carbocycles. The lowest BCUT2D eigenvalue weighted by Crippen LogP contribution is -2.04. The molecule has 21 heavy (non-hydrogen) atoms. The van der Waals surface area contributed by atoms with Gasteiger partial charge in [0, 0.05) is 29.5 Å². The number of ether oxygens (including phenoxy) is 2. The van der Waals surface area contributed by atoms with Crippen molar-refractivity contribution in [3.63, 3.8) is 0 Å². The van der Waals surface area contributed by atoms with Crippen molar-refractivity contribution in [3.05, 3.63) is 36.0 Å². The first-order valence-corrected chi connectivity index (χ1v) is 6.43. The van der Waals surface area contributed by atoms with Gasteiger partial charge in [-0.3, -0.25) is 0 Å². The highest BCUT2D eigenvalue weighted by atomic mass is 16.7. The summed E-state index contributed by atoms with van der Waals surface area (Å²) in [6, 6.07) is 7.60. The number of carboxylic acid groups (broad SMARTS) is 1. The molecular formula is C15H14N2O4. The van der Waals surface area contributed by atoms with Crippen molar-refractivity contribution in [1.29, 1.82) is 0 Å². The highest BCUT2D eigenvalue weighted by Gasteiger charge is 2.11. The molecule has 0 saturated heterocycles. The predicted octanol–water partition coefficient (Wildman–Crippen LogP) is 3.48. The van der Waals surface area contributed by atoms with Gasteiger partial charge in [0.2, 0.25) is 5.88 Å². The molecule has 2 N–H and O–H groups in total. The third kappa shape index (κ3) is 2.41. The summed E-state index contributed by atoms with van der Waals surface area (Å²) in [5.41, 5.74) is 2.82. The van der Waals surface area contributed by atoms with Gasteiger partial charge in [-0.2, -0.15) is 0 Å². The Hall–Kier alpha value is -2.60. The lowest BCUT2D eigenvalue weighted by molar-refractivity contribution is 0.119. The summed E-state index contributed by atoms with van der Waals surface area (Å²) >= 11 is 0. The van der Waals surface area contributed by atoms with Crippen molar-refractivity contribution < 1.29 is 19.4 Å². The van der Waals surface area contributed by atoms with Crippen LogP contribution in [0.2, 0.25) is 0 Å². The van der Waals surface area contributed by atoms with Gasteiger partial charge in [-0.05, 0) is 24.6 Å². The number of carbonyl (C=O) groups is 1. The molecule has 1 atom stereocenters. The van der Waals surface area contributed by atoms with Crippen molar-refractivity contribution in [3.8, 4) is 5.88 Å². The second-order valence-electron chi connectivity index (χ2n) is 4.74. The van der Waals surface area contributed by atoms with Crippen LogP contribution >= 0.6 is 0 Å². The molecule has 6 nitrogen and oxygen atoms in total. The number of fused-ring (bicyclic) bond motifs is 3. The number of pyridine rings is 1. The molecule has 2 aromatic heterocycles. The Balaban J connectivity index is 2.18. The molecule has 108 valence electrons. The zero-order valence-corrected chi connectivity index (χ0v) is 11.6. The molecule has 0 radical (unpaired) electrons. The van der Waals surface area contributed by atoms with E-state index in [1.54, 1.807) is 19.4 Å². The van der Waals surface area contributed by atoms with Gasteiger partial charge < -0.3 is 19.6 Å². The Morgan fingerprint density at radius 2 is 2.05 bits per heavy atom. The molecule has 0 spiro atoms. The summed E-state index contributed by atoms with van der Waals surface area (Å²) in [7, 11) is 1.66. The molecule has 0 fully saturated rings. The fourth-order valence-corrected chi connectivity index (χ4v) is 2.33. The van der Waals surface area contributed by atoms with E-state index in [1.807, 2.05) is 25.1 Å². The van der Waals surface area contributed by atoms with Crippen LogP contribution in [0, 0.1) is 0 Å². The van der Waals surface area contributed by atoms with E-state index in [4.69, 9.17) is 9.84 Å². The zero-order chi connectivity index (χ0) is 15.0. The molecule has 0 aliphatic heterocycles. The third-order valence-corrected chi connectivity index (χ3v) is 3.50. The minimum atomic E-state index is -1.38. The lowest BCUT2D eigenvalue weighted by Gasteiger charge is -2.09. The first-order valence-electron chi connectivity index (χ1n) is 6.43. The van der Waals surface area contributed by atoms with E-state index in [-0.39, 0.29) is 12.0 Å². The standard InChI is InChI=1S/C15H14N2O4/c1-8(20-2)9-3-4-12-10(5-9)11-6-14(21-15(18)19)16-7-13(11)17-12/h3-8,17H,1-2H3,(H,18,19). The maximum Gasteiger partial charge on any atom is 0.512 e. The number of H-pyrrole nitrogens is 1. The van der Waals surface area contributed by atoms with E-state index >= 15 is 0 Å². The number of methoxy groups -OCH3 is 1. The fraction of sp³-hybridized carbons (Fsp3) is 0.200. The Kier molecular flexibility index (Phi) is 3.23. The molecule has 1 aromatic carbocycles. The van der Waals surface area contributed by atoms with E-state index in [0.717, 1.165) is 27.4 Å². The van der Waals surface area contributed by atoms with Gasteiger partial charge in [0.1, 0.15) is 0 Å². The fourth-order valence-electron chi connectivity index (χ4n) is 2.33. The van der Waals surface area contributed by atoms with Crippen LogP contribution in [0.5, 0.6) is 5.88 Å². The van der Waals surface area contributed by atoms with Gasteiger partial charge in [0.15, 0.2) is 0 Å². The van der Waals surface area contributed by atoms with Crippen LogP contribution in [0.3, 0.4) is 0 Å². The lowest BCUT2D eigenvalue weighted by atomic mass is 10.1. The van der Waals surface area contributed by atoms with Crippen molar-refractivity contribution in [2.75, 3.05) is 7.11 Å². The molecule has 6 heteroatoms. The molecule has 3 aromatic rings.